The predicted molar refractivity (Wildman–Crippen MR) is 129 cm³/mol. The van der Waals surface area contributed by atoms with Gasteiger partial charge in [-0.3, -0.25) is 4.99 Å². The van der Waals surface area contributed by atoms with Gasteiger partial charge in [-0.2, -0.15) is 4.31 Å². The second-order valence-corrected chi connectivity index (χ2v) is 12.0. The molecule has 34 heavy (non-hydrogen) atoms. The van der Waals surface area contributed by atoms with E-state index in [1.165, 1.54) is 16.4 Å². The molecule has 0 aliphatic carbocycles. The highest BCUT2D eigenvalue weighted by molar-refractivity contribution is 7.89. The van der Waals surface area contributed by atoms with Crippen LogP contribution >= 0.6 is 0 Å². The lowest BCUT2D eigenvalue weighted by atomic mass is 9.85. The van der Waals surface area contributed by atoms with Gasteiger partial charge in [0.25, 0.3) is 0 Å². The summed E-state index contributed by atoms with van der Waals surface area (Å²) < 4.78 is 55.1. The summed E-state index contributed by atoms with van der Waals surface area (Å²) in [6.45, 7) is 8.50. The Morgan fingerprint density at radius 1 is 1.06 bits per heavy atom. The maximum Gasteiger partial charge on any atom is 0.243 e. The van der Waals surface area contributed by atoms with Crippen LogP contribution in [0, 0.1) is 11.6 Å². The van der Waals surface area contributed by atoms with Crippen molar-refractivity contribution < 1.29 is 17.2 Å². The van der Waals surface area contributed by atoms with Crippen LogP contribution in [0.5, 0.6) is 0 Å². The van der Waals surface area contributed by atoms with Crippen LogP contribution in [0.1, 0.15) is 44.7 Å². The topological polar surface area (TPSA) is 73.8 Å². The lowest BCUT2D eigenvalue weighted by Crippen LogP contribution is -2.64. The van der Waals surface area contributed by atoms with Crippen LogP contribution in [0.25, 0.3) is 0 Å². The van der Waals surface area contributed by atoms with Crippen molar-refractivity contribution in [1.82, 2.24) is 14.9 Å². The van der Waals surface area contributed by atoms with Gasteiger partial charge in [0.05, 0.1) is 17.0 Å². The molecule has 0 amide bonds. The highest BCUT2D eigenvalue weighted by atomic mass is 32.2. The first kappa shape index (κ1) is 24.8. The fourth-order valence-corrected chi connectivity index (χ4v) is 6.06. The van der Waals surface area contributed by atoms with Crippen molar-refractivity contribution >= 4 is 15.9 Å². The van der Waals surface area contributed by atoms with Crippen molar-refractivity contribution in [3.05, 3.63) is 65.2 Å². The van der Waals surface area contributed by atoms with E-state index in [0.717, 1.165) is 17.5 Å². The number of nitrogens with zero attached hydrogens (tertiary/aromatic N) is 2. The quantitative estimate of drug-likeness (QED) is 0.687. The van der Waals surface area contributed by atoms with Crippen molar-refractivity contribution in [1.29, 1.82) is 0 Å². The summed E-state index contributed by atoms with van der Waals surface area (Å²) in [6.07, 6.45) is 1.10. The number of piperidine rings is 1. The van der Waals surface area contributed by atoms with Gasteiger partial charge in [0.1, 0.15) is 17.5 Å². The second-order valence-electron chi connectivity index (χ2n) is 10.0. The summed E-state index contributed by atoms with van der Waals surface area (Å²) in [7, 11) is -3.60. The van der Waals surface area contributed by atoms with Gasteiger partial charge in [-0.25, -0.2) is 17.2 Å². The summed E-state index contributed by atoms with van der Waals surface area (Å²) >= 11 is 0. The van der Waals surface area contributed by atoms with Gasteiger partial charge in [-0.1, -0.05) is 32.9 Å². The number of benzene rings is 2. The van der Waals surface area contributed by atoms with E-state index >= 15 is 0 Å². The number of hydrogen-bond donors (Lipinski definition) is 2. The molecule has 0 radical (unpaired) electrons. The third-order valence-electron chi connectivity index (χ3n) is 6.61. The smallest absolute Gasteiger partial charge is 0.243 e. The van der Waals surface area contributed by atoms with Gasteiger partial charge in [0, 0.05) is 32.2 Å². The van der Waals surface area contributed by atoms with Gasteiger partial charge in [-0.15, -0.1) is 0 Å². The number of sulfonamides is 1. The lowest BCUT2D eigenvalue weighted by Gasteiger charge is -2.44. The Morgan fingerprint density at radius 3 is 2.26 bits per heavy atom. The van der Waals surface area contributed by atoms with Crippen molar-refractivity contribution in [3.8, 4) is 0 Å². The third-order valence-corrected chi connectivity index (χ3v) is 8.53. The highest BCUT2D eigenvalue weighted by Gasteiger charge is 2.43. The van der Waals surface area contributed by atoms with Crippen LogP contribution in [0.4, 0.5) is 8.78 Å². The van der Waals surface area contributed by atoms with E-state index in [2.05, 4.69) is 36.4 Å². The largest absolute Gasteiger partial charge is 0.368 e. The minimum absolute atomic E-state index is 0.0491. The van der Waals surface area contributed by atoms with Gasteiger partial charge in [0.2, 0.25) is 10.0 Å². The Labute approximate surface area is 200 Å². The number of amidine groups is 1. The number of aliphatic imine (C=N–C) groups is 1. The van der Waals surface area contributed by atoms with Crippen LogP contribution in [0.2, 0.25) is 0 Å². The number of nitrogens with one attached hydrogen (secondary N) is 2. The zero-order valence-electron chi connectivity index (χ0n) is 19.9. The third kappa shape index (κ3) is 5.16. The Hall–Kier alpha value is -2.36. The molecule has 0 aromatic heterocycles. The van der Waals surface area contributed by atoms with Gasteiger partial charge < -0.3 is 10.6 Å². The molecule has 0 atom stereocenters. The molecule has 2 aromatic rings. The summed E-state index contributed by atoms with van der Waals surface area (Å²) in [5.74, 6) is -0.525. The first-order chi connectivity index (χ1) is 16.0. The highest BCUT2D eigenvalue weighted by Crippen LogP contribution is 2.30. The van der Waals surface area contributed by atoms with Crippen molar-refractivity contribution in [3.63, 3.8) is 0 Å². The summed E-state index contributed by atoms with van der Waals surface area (Å²) in [5, 5.41) is 6.76. The Bertz CT molecular complexity index is 1150. The zero-order valence-corrected chi connectivity index (χ0v) is 20.7. The SMILES string of the molecule is CC(C)(C)c1ccc(S(=O)(=O)N2CCC3(CC2)NCCN=C3NCc2cc(F)cc(F)c2)cc1. The molecule has 1 saturated heterocycles. The van der Waals surface area contributed by atoms with E-state index in [1.54, 1.807) is 12.1 Å². The first-order valence-corrected chi connectivity index (χ1v) is 13.0. The van der Waals surface area contributed by atoms with Crippen molar-refractivity contribution in [2.24, 2.45) is 4.99 Å². The van der Waals surface area contributed by atoms with Crippen LogP contribution in [0.15, 0.2) is 52.4 Å². The summed E-state index contributed by atoms with van der Waals surface area (Å²) in [4.78, 5) is 4.93. The minimum Gasteiger partial charge on any atom is -0.368 e. The molecule has 0 bridgehead atoms. The molecular formula is C25H32F2N4O2S. The molecule has 6 nitrogen and oxygen atoms in total. The van der Waals surface area contributed by atoms with Gasteiger partial charge in [0.15, 0.2) is 0 Å². The van der Waals surface area contributed by atoms with Crippen molar-refractivity contribution in [2.75, 3.05) is 26.2 Å². The lowest BCUT2D eigenvalue weighted by molar-refractivity contribution is 0.241. The van der Waals surface area contributed by atoms with E-state index in [1.807, 2.05) is 12.1 Å². The zero-order chi connectivity index (χ0) is 24.6. The number of halogens is 2. The van der Waals surface area contributed by atoms with Crippen LogP contribution < -0.4 is 10.6 Å². The maximum atomic E-state index is 13.5. The van der Waals surface area contributed by atoms with Crippen LogP contribution in [-0.2, 0) is 22.0 Å². The molecule has 184 valence electrons. The van der Waals surface area contributed by atoms with E-state index in [9.17, 15) is 17.2 Å². The Morgan fingerprint density at radius 2 is 1.68 bits per heavy atom. The average molecular weight is 491 g/mol. The monoisotopic (exact) mass is 490 g/mol. The Kier molecular flexibility index (Phi) is 6.81. The molecule has 1 spiro atoms. The van der Waals surface area contributed by atoms with E-state index < -0.39 is 27.2 Å². The minimum atomic E-state index is -3.60. The molecule has 0 saturated carbocycles. The normalized spacial score (nSPS) is 19.1. The molecule has 2 aliphatic rings. The van der Waals surface area contributed by atoms with Gasteiger partial charge >= 0.3 is 0 Å². The molecule has 1 fully saturated rings. The van der Waals surface area contributed by atoms with E-state index in [-0.39, 0.29) is 12.0 Å². The first-order valence-electron chi connectivity index (χ1n) is 11.6. The molecule has 2 N–H and O–H groups in total. The molecule has 4 rings (SSSR count). The summed E-state index contributed by atoms with van der Waals surface area (Å²) in [6, 6.07) is 10.6. The van der Waals surface area contributed by atoms with E-state index in [4.69, 9.17) is 0 Å². The molecule has 2 aromatic carbocycles. The number of hydrogen-bond acceptors (Lipinski definition) is 5. The van der Waals surface area contributed by atoms with E-state index in [0.29, 0.717) is 49.5 Å². The van der Waals surface area contributed by atoms with Crippen molar-refractivity contribution in [2.45, 2.75) is 56.0 Å². The average Bonchev–Trinajstić information content (AvgIpc) is 2.78. The fraction of sp³-hybridized carbons (Fsp3) is 0.480. The molecule has 9 heteroatoms. The second kappa shape index (κ2) is 9.36. The standard InChI is InChI=1S/C25H32F2N4O2S/c1-24(2,3)19-4-6-22(7-5-19)34(32,33)31-12-8-25(9-13-31)23(28-10-11-30-25)29-17-18-14-20(26)16-21(27)15-18/h4-7,14-16,30H,8-13,17H2,1-3H3,(H,28,29). The molecule has 0 unspecified atom stereocenters. The summed E-state index contributed by atoms with van der Waals surface area (Å²) in [5.41, 5.74) is 1.04. The fourth-order valence-electron chi connectivity index (χ4n) is 4.62. The molecular weight excluding hydrogens is 458 g/mol. The Balaban J connectivity index is 1.45. The molecule has 2 aliphatic heterocycles. The predicted octanol–water partition coefficient (Wildman–Crippen LogP) is 3.58. The molecule has 2 heterocycles. The number of rotatable bonds is 4. The van der Waals surface area contributed by atoms with Crippen LogP contribution in [-0.4, -0.2) is 50.3 Å². The maximum absolute atomic E-state index is 13.5. The van der Waals surface area contributed by atoms with Gasteiger partial charge in [-0.05, 0) is 53.6 Å². The van der Waals surface area contributed by atoms with Crippen LogP contribution in [0.3, 0.4) is 0 Å².